The van der Waals surface area contributed by atoms with Crippen molar-refractivity contribution in [1.29, 1.82) is 0 Å². The van der Waals surface area contributed by atoms with E-state index in [4.69, 9.17) is 0 Å². The number of hydrogen-bond donors (Lipinski definition) is 1. The summed E-state index contributed by atoms with van der Waals surface area (Å²) >= 11 is 0. The Morgan fingerprint density at radius 1 is 1.43 bits per heavy atom. The van der Waals surface area contributed by atoms with Gasteiger partial charge in [-0.15, -0.1) is 0 Å². The molecule has 2 aromatic heterocycles. The lowest BCUT2D eigenvalue weighted by Crippen LogP contribution is -2.44. The minimum atomic E-state index is -3.05. The largest absolute Gasteiger partial charge is 0.323 e. The van der Waals surface area contributed by atoms with Gasteiger partial charge >= 0.3 is 0 Å². The van der Waals surface area contributed by atoms with Crippen molar-refractivity contribution in [2.24, 2.45) is 5.92 Å². The topological polar surface area (TPSA) is 93.9 Å². The first-order valence-corrected chi connectivity index (χ1v) is 7.93. The molecule has 7 nitrogen and oxygen atoms in total. The summed E-state index contributed by atoms with van der Waals surface area (Å²) in [4.78, 5) is 15.6. The number of pyridine rings is 1. The third-order valence-corrected chi connectivity index (χ3v) is 4.91. The van der Waals surface area contributed by atoms with Crippen LogP contribution in [-0.2, 0) is 14.6 Å². The molecular formula is C12H11FN4O3S. The van der Waals surface area contributed by atoms with Crippen LogP contribution in [0.4, 0.5) is 10.1 Å². The van der Waals surface area contributed by atoms with E-state index in [1.807, 2.05) is 0 Å². The highest BCUT2D eigenvalue weighted by atomic mass is 32.2. The maximum absolute atomic E-state index is 13.5. The lowest BCUT2D eigenvalue weighted by molar-refractivity contribution is -0.119. The zero-order valence-electron chi connectivity index (χ0n) is 10.7. The molecule has 0 aromatic carbocycles. The van der Waals surface area contributed by atoms with Gasteiger partial charge in [-0.1, -0.05) is 0 Å². The Morgan fingerprint density at radius 3 is 2.86 bits per heavy atom. The normalized spacial score (nSPS) is 17.2. The van der Waals surface area contributed by atoms with Crippen LogP contribution in [0, 0.1) is 11.7 Å². The van der Waals surface area contributed by atoms with Crippen molar-refractivity contribution < 1.29 is 17.6 Å². The number of aromatic nitrogens is 3. The number of hydrogen-bond acceptors (Lipinski definition) is 5. The van der Waals surface area contributed by atoms with E-state index < -0.39 is 21.6 Å². The summed E-state index contributed by atoms with van der Waals surface area (Å²) in [5.74, 6) is -1.72. The van der Waals surface area contributed by atoms with Crippen molar-refractivity contribution in [2.75, 3.05) is 16.8 Å². The lowest BCUT2D eigenvalue weighted by Gasteiger charge is -2.24. The van der Waals surface area contributed by atoms with Crippen LogP contribution in [0.1, 0.15) is 0 Å². The monoisotopic (exact) mass is 310 g/mol. The van der Waals surface area contributed by atoms with Gasteiger partial charge in [-0.05, 0) is 12.1 Å². The molecular weight excluding hydrogens is 299 g/mol. The molecule has 1 saturated heterocycles. The molecule has 21 heavy (non-hydrogen) atoms. The summed E-state index contributed by atoms with van der Waals surface area (Å²) in [5.41, 5.74) is 0.356. The molecule has 1 fully saturated rings. The second-order valence-corrected chi connectivity index (χ2v) is 6.90. The van der Waals surface area contributed by atoms with Crippen LogP contribution in [0.25, 0.3) is 5.82 Å². The molecule has 1 aliphatic heterocycles. The van der Waals surface area contributed by atoms with Gasteiger partial charge < -0.3 is 5.32 Å². The second kappa shape index (κ2) is 4.92. The number of carbonyl (C=O) groups is 1. The van der Waals surface area contributed by atoms with Crippen LogP contribution in [-0.4, -0.2) is 40.6 Å². The first-order chi connectivity index (χ1) is 9.94. The standard InChI is InChI=1S/C12H11FN4O3S/c13-10-2-1-3-14-11(10)17-5-9(4-15-17)16-12(18)8-6-21(19,20)7-8/h1-5,8H,6-7H2,(H,16,18). The van der Waals surface area contributed by atoms with Crippen LogP contribution in [0.15, 0.2) is 30.7 Å². The fourth-order valence-electron chi connectivity index (χ4n) is 2.01. The summed E-state index contributed by atoms with van der Waals surface area (Å²) in [6.45, 7) is 0. The number of amides is 1. The van der Waals surface area contributed by atoms with E-state index in [1.54, 1.807) is 0 Å². The third kappa shape index (κ3) is 2.77. The fraction of sp³-hybridized carbons (Fsp3) is 0.250. The van der Waals surface area contributed by atoms with Crippen LogP contribution in [0.3, 0.4) is 0 Å². The average Bonchev–Trinajstić information content (AvgIpc) is 2.84. The minimum Gasteiger partial charge on any atom is -0.323 e. The molecule has 0 bridgehead atoms. The summed E-state index contributed by atoms with van der Waals surface area (Å²) in [7, 11) is -3.05. The number of rotatable bonds is 3. The molecule has 0 atom stereocenters. The molecule has 3 rings (SSSR count). The molecule has 110 valence electrons. The molecule has 2 aromatic rings. The molecule has 0 spiro atoms. The predicted molar refractivity (Wildman–Crippen MR) is 72.1 cm³/mol. The summed E-state index contributed by atoms with van der Waals surface area (Å²) < 4.78 is 36.8. The van der Waals surface area contributed by atoms with E-state index in [1.165, 1.54) is 35.4 Å². The van der Waals surface area contributed by atoms with Crippen molar-refractivity contribution in [1.82, 2.24) is 14.8 Å². The van der Waals surface area contributed by atoms with Gasteiger partial charge in [0.05, 0.1) is 35.5 Å². The van der Waals surface area contributed by atoms with Crippen LogP contribution in [0.5, 0.6) is 0 Å². The van der Waals surface area contributed by atoms with Gasteiger partial charge in [0.25, 0.3) is 0 Å². The highest BCUT2D eigenvalue weighted by Crippen LogP contribution is 2.20. The second-order valence-electron chi connectivity index (χ2n) is 4.75. The maximum atomic E-state index is 13.5. The Kier molecular flexibility index (Phi) is 3.20. The molecule has 0 unspecified atom stereocenters. The van der Waals surface area contributed by atoms with Crippen molar-refractivity contribution in [3.63, 3.8) is 0 Å². The van der Waals surface area contributed by atoms with Gasteiger partial charge in [-0.25, -0.2) is 22.5 Å². The average molecular weight is 310 g/mol. The van der Waals surface area contributed by atoms with Gasteiger partial charge in [-0.2, -0.15) is 5.10 Å². The van der Waals surface area contributed by atoms with Crippen molar-refractivity contribution >= 4 is 21.4 Å². The summed E-state index contributed by atoms with van der Waals surface area (Å²) in [5, 5.41) is 6.47. The zero-order valence-corrected chi connectivity index (χ0v) is 11.5. The van der Waals surface area contributed by atoms with Crippen molar-refractivity contribution in [3.8, 4) is 5.82 Å². The third-order valence-electron chi connectivity index (χ3n) is 3.09. The van der Waals surface area contributed by atoms with E-state index in [9.17, 15) is 17.6 Å². The zero-order chi connectivity index (χ0) is 15.0. The molecule has 0 radical (unpaired) electrons. The van der Waals surface area contributed by atoms with Crippen LogP contribution in [0.2, 0.25) is 0 Å². The lowest BCUT2D eigenvalue weighted by atomic mass is 10.2. The summed E-state index contributed by atoms with van der Waals surface area (Å²) in [6, 6.07) is 2.71. The van der Waals surface area contributed by atoms with Gasteiger partial charge in [0.15, 0.2) is 21.5 Å². The van der Waals surface area contributed by atoms with Gasteiger partial charge in [0.2, 0.25) is 5.91 Å². The summed E-state index contributed by atoms with van der Waals surface area (Å²) in [6.07, 6.45) is 4.19. The highest BCUT2D eigenvalue weighted by Gasteiger charge is 2.38. The molecule has 0 saturated carbocycles. The number of nitrogens with zero attached hydrogens (tertiary/aromatic N) is 3. The first kappa shape index (κ1) is 13.7. The number of anilines is 1. The molecule has 0 aliphatic carbocycles. The Morgan fingerprint density at radius 2 is 2.19 bits per heavy atom. The molecule has 9 heteroatoms. The van der Waals surface area contributed by atoms with Gasteiger partial charge in [0, 0.05) is 6.20 Å². The van der Waals surface area contributed by atoms with E-state index >= 15 is 0 Å². The number of sulfone groups is 1. The van der Waals surface area contributed by atoms with E-state index in [0.29, 0.717) is 5.69 Å². The number of halogens is 1. The first-order valence-electron chi connectivity index (χ1n) is 6.11. The number of carbonyl (C=O) groups excluding carboxylic acids is 1. The Labute approximate surface area is 119 Å². The molecule has 3 heterocycles. The van der Waals surface area contributed by atoms with E-state index in [0.717, 1.165) is 0 Å². The van der Waals surface area contributed by atoms with Gasteiger partial charge in [0.1, 0.15) is 0 Å². The predicted octanol–water partition coefficient (Wildman–Crippen LogP) is 0.390. The smallest absolute Gasteiger partial charge is 0.229 e. The van der Waals surface area contributed by atoms with Crippen molar-refractivity contribution in [3.05, 3.63) is 36.5 Å². The Hall–Kier alpha value is -2.29. The molecule has 1 amide bonds. The number of nitrogens with one attached hydrogen (secondary N) is 1. The highest BCUT2D eigenvalue weighted by molar-refractivity contribution is 7.92. The fourth-order valence-corrected chi connectivity index (χ4v) is 3.44. The minimum absolute atomic E-state index is 0.0178. The van der Waals surface area contributed by atoms with Gasteiger partial charge in [-0.3, -0.25) is 4.79 Å². The SMILES string of the molecule is O=C(Nc1cnn(-c2ncccc2F)c1)C1CS(=O)(=O)C1. The Balaban J connectivity index is 1.71. The molecule has 1 aliphatic rings. The van der Waals surface area contributed by atoms with Crippen LogP contribution >= 0.6 is 0 Å². The molecule has 1 N–H and O–H groups in total. The van der Waals surface area contributed by atoms with E-state index in [-0.39, 0.29) is 23.2 Å². The van der Waals surface area contributed by atoms with Crippen molar-refractivity contribution in [2.45, 2.75) is 0 Å². The quantitative estimate of drug-likeness (QED) is 0.885. The van der Waals surface area contributed by atoms with E-state index in [2.05, 4.69) is 15.4 Å². The van der Waals surface area contributed by atoms with Crippen LogP contribution < -0.4 is 5.32 Å². The maximum Gasteiger partial charge on any atom is 0.229 e. The Bertz CT molecular complexity index is 790.